The number of likely N-dealkylation sites (tertiary alicyclic amines) is 2. The van der Waals surface area contributed by atoms with Crippen molar-refractivity contribution in [1.82, 2.24) is 20.4 Å². The van der Waals surface area contributed by atoms with Crippen molar-refractivity contribution in [3.8, 4) is 11.5 Å². The molecule has 2 saturated heterocycles. The van der Waals surface area contributed by atoms with Gasteiger partial charge in [-0.05, 0) is 120 Å². The molecule has 0 unspecified atom stereocenters. The number of ether oxygens (including phenoxy) is 2. The Kier molecular flexibility index (Phi) is 23.7. The summed E-state index contributed by atoms with van der Waals surface area (Å²) in [5.74, 6) is 0.402. The first-order valence-electron chi connectivity index (χ1n) is 25.1. The Hall–Kier alpha value is -4.96. The minimum absolute atomic E-state index is 0. The molecule has 0 saturated carbocycles. The number of carbonyl (C=O) groups is 5. The molecule has 2 fully saturated rings. The molecule has 0 radical (unpaired) electrons. The maximum atomic E-state index is 12.7. The number of hydrogen-bond donors (Lipinski definition) is 3. The maximum Gasteiger partial charge on any atom is 0.261 e. The van der Waals surface area contributed by atoms with Crippen molar-refractivity contribution in [1.29, 1.82) is 0 Å². The molecule has 74 heavy (non-hydrogen) atoms. The Balaban J connectivity index is 0.000000380. The number of nitrogens with zero attached hydrogens (tertiary/aromatic N) is 2. The van der Waals surface area contributed by atoms with Crippen LogP contribution in [0.25, 0.3) is 0 Å². The predicted octanol–water partition coefficient (Wildman–Crippen LogP) is 8.74. The number of amides is 4. The molecule has 406 valence electrons. The van der Waals surface area contributed by atoms with Gasteiger partial charge in [0.1, 0.15) is 17.6 Å². The van der Waals surface area contributed by atoms with Crippen LogP contribution in [0.2, 0.25) is 36.3 Å². The third kappa shape index (κ3) is 18.1. The summed E-state index contributed by atoms with van der Waals surface area (Å²) in [7, 11) is -4.15. The van der Waals surface area contributed by atoms with Gasteiger partial charge in [0.2, 0.25) is 0 Å². The first-order valence-corrected chi connectivity index (χ1v) is 30.9. The number of rotatable bonds is 18. The van der Waals surface area contributed by atoms with Crippen LogP contribution < -0.4 is 20.1 Å². The SMILES string of the molecule is CCc1ccc(C(=O)NCc2ccc(OCC(=O)N3CC(=O)[C@@H](O[Si](C)(C)C(C)(C)C)C3)cc2)cc1.CCc1ccc(C(=O)NCc2ccc(OCC(=O)N3C[C@H](O[Si](C)(C)C(C)(C)C)[C@@H](O)C3)cc2)cc1.S.S. The van der Waals surface area contributed by atoms with E-state index in [1.165, 1.54) is 16.0 Å². The molecule has 0 bridgehead atoms. The van der Waals surface area contributed by atoms with E-state index in [9.17, 15) is 29.1 Å². The van der Waals surface area contributed by atoms with Gasteiger partial charge >= 0.3 is 0 Å². The first kappa shape index (κ1) is 63.3. The van der Waals surface area contributed by atoms with Gasteiger partial charge in [0.05, 0.1) is 25.3 Å². The van der Waals surface area contributed by atoms with E-state index in [1.54, 1.807) is 29.2 Å². The van der Waals surface area contributed by atoms with Crippen molar-refractivity contribution in [2.24, 2.45) is 0 Å². The summed E-state index contributed by atoms with van der Waals surface area (Å²) in [4.78, 5) is 65.6. The normalized spacial score (nSPS) is 16.8. The first-order chi connectivity index (χ1) is 33.8. The average molecular weight is 1090 g/mol. The minimum atomic E-state index is -2.11. The quantitative estimate of drug-likeness (QED) is 0.0819. The Morgan fingerprint density at radius 1 is 0.568 bits per heavy atom. The molecule has 14 nitrogen and oxygen atoms in total. The number of Topliss-reactive ketones (excluding diaryl/α,β-unsaturated/α-hetero) is 1. The van der Waals surface area contributed by atoms with Crippen molar-refractivity contribution >= 4 is 73.0 Å². The summed E-state index contributed by atoms with van der Waals surface area (Å²) in [5, 5.41) is 16.3. The zero-order valence-electron chi connectivity index (χ0n) is 45.6. The van der Waals surface area contributed by atoms with Crippen LogP contribution in [0.15, 0.2) is 97.1 Å². The van der Waals surface area contributed by atoms with Crippen LogP contribution in [-0.2, 0) is 49.2 Å². The molecule has 4 aromatic rings. The fourth-order valence-corrected chi connectivity index (χ4v) is 9.96. The highest BCUT2D eigenvalue weighted by atomic mass is 32.1. The van der Waals surface area contributed by atoms with E-state index in [-0.39, 0.29) is 105 Å². The molecule has 4 aromatic carbocycles. The number of aliphatic hydroxyl groups excluding tert-OH is 1. The number of nitrogens with one attached hydrogen (secondary N) is 2. The summed E-state index contributed by atoms with van der Waals surface area (Å²) in [6, 6.07) is 29.7. The lowest BCUT2D eigenvalue weighted by Crippen LogP contribution is -2.47. The van der Waals surface area contributed by atoms with Crippen LogP contribution in [0.4, 0.5) is 0 Å². The number of benzene rings is 4. The van der Waals surface area contributed by atoms with E-state index in [2.05, 4.69) is 92.2 Å². The highest BCUT2D eigenvalue weighted by Gasteiger charge is 2.45. The van der Waals surface area contributed by atoms with E-state index in [0.29, 0.717) is 42.3 Å². The monoisotopic (exact) mass is 1090 g/mol. The molecule has 4 amide bonds. The van der Waals surface area contributed by atoms with E-state index in [1.807, 2.05) is 72.8 Å². The summed E-state index contributed by atoms with van der Waals surface area (Å²) in [6.07, 6.45) is 0.253. The van der Waals surface area contributed by atoms with Gasteiger partial charge in [-0.15, -0.1) is 0 Å². The van der Waals surface area contributed by atoms with Crippen molar-refractivity contribution in [3.05, 3.63) is 130 Å². The Morgan fingerprint density at radius 3 is 1.34 bits per heavy atom. The summed E-state index contributed by atoms with van der Waals surface area (Å²) in [6.45, 7) is 27.0. The molecule has 2 heterocycles. The number of carbonyl (C=O) groups excluding carboxylic acids is 5. The topological polar surface area (TPSA) is 173 Å². The van der Waals surface area contributed by atoms with Crippen LogP contribution >= 0.6 is 27.0 Å². The van der Waals surface area contributed by atoms with Gasteiger partial charge in [-0.3, -0.25) is 24.0 Å². The van der Waals surface area contributed by atoms with E-state index in [0.717, 1.165) is 24.0 Å². The molecule has 3 N–H and O–H groups in total. The lowest BCUT2D eigenvalue weighted by atomic mass is 10.1. The van der Waals surface area contributed by atoms with Gasteiger partial charge in [0, 0.05) is 37.3 Å². The molecule has 0 aliphatic carbocycles. The largest absolute Gasteiger partial charge is 0.484 e. The van der Waals surface area contributed by atoms with Crippen LogP contribution in [0, 0.1) is 0 Å². The summed E-state index contributed by atoms with van der Waals surface area (Å²) >= 11 is 0. The maximum absolute atomic E-state index is 12.7. The predicted molar refractivity (Wildman–Crippen MR) is 307 cm³/mol. The Morgan fingerprint density at radius 2 is 0.946 bits per heavy atom. The van der Waals surface area contributed by atoms with E-state index in [4.69, 9.17) is 18.3 Å². The van der Waals surface area contributed by atoms with Crippen LogP contribution in [0.5, 0.6) is 11.5 Å². The number of aryl methyl sites for hydroxylation is 2. The van der Waals surface area contributed by atoms with E-state index < -0.39 is 28.8 Å². The third-order valence-corrected chi connectivity index (χ3v) is 23.2. The molecule has 18 heteroatoms. The van der Waals surface area contributed by atoms with Gasteiger partial charge in [-0.1, -0.05) is 104 Å². The molecule has 3 atom stereocenters. The number of hydrogen-bond acceptors (Lipinski definition) is 10. The zero-order chi connectivity index (χ0) is 53.0. The number of aliphatic hydroxyl groups is 1. The average Bonchev–Trinajstić information content (AvgIpc) is 3.90. The van der Waals surface area contributed by atoms with Crippen molar-refractivity contribution in [3.63, 3.8) is 0 Å². The zero-order valence-corrected chi connectivity index (χ0v) is 49.6. The highest BCUT2D eigenvalue weighted by molar-refractivity contribution is 7.59. The van der Waals surface area contributed by atoms with E-state index >= 15 is 0 Å². The standard InChI is InChI=1S/C28H40N2O5Si.C28H38N2O5Si.2H2S/c2*1-7-20-8-12-22(13-9-20)27(33)29-16-21-10-14-23(15-11-21)34-19-26(32)30-17-24(31)25(18-30)35-36(5,6)28(2,3)4;;/h8-15,24-25,31H,7,16-19H2,1-6H3,(H,29,33);8-15,25H,7,16-19H2,1-6H3,(H,29,33);2*1H2/t24-,25-;25-;;/m00../s1. The molecule has 2 aliphatic rings. The fraction of sp³-hybridized carbons (Fsp3) is 0.482. The van der Waals surface area contributed by atoms with Crippen LogP contribution in [0.3, 0.4) is 0 Å². The van der Waals surface area contributed by atoms with Crippen molar-refractivity contribution < 1.29 is 47.4 Å². The van der Waals surface area contributed by atoms with Crippen LogP contribution in [-0.4, -0.2) is 119 Å². The van der Waals surface area contributed by atoms with Gasteiger partial charge in [-0.25, -0.2) is 0 Å². The second-order valence-corrected chi connectivity index (χ2v) is 31.2. The highest BCUT2D eigenvalue weighted by Crippen LogP contribution is 2.39. The lowest BCUT2D eigenvalue weighted by molar-refractivity contribution is -0.133. The molecule has 2 aliphatic heterocycles. The fourth-order valence-electron chi connectivity index (χ4n) is 7.35. The Bertz CT molecular complexity index is 2460. The summed E-state index contributed by atoms with van der Waals surface area (Å²) in [5.41, 5.74) is 5.50. The number of ketones is 1. The molecular weight excluding hydrogens is 1010 g/mol. The van der Waals surface area contributed by atoms with Gasteiger partial charge in [-0.2, -0.15) is 27.0 Å². The smallest absolute Gasteiger partial charge is 0.261 e. The van der Waals surface area contributed by atoms with Crippen molar-refractivity contribution in [2.45, 2.75) is 136 Å². The van der Waals surface area contributed by atoms with Gasteiger partial charge < -0.3 is 43.9 Å². The van der Waals surface area contributed by atoms with Gasteiger partial charge in [0.15, 0.2) is 35.6 Å². The third-order valence-electron chi connectivity index (χ3n) is 14.3. The number of β-amino-alcohol motifs (C(OH)–C–C–N with tert-alkyl or cyclic N) is 1. The molecule has 6 rings (SSSR count). The van der Waals surface area contributed by atoms with Crippen LogP contribution in [0.1, 0.15) is 98.4 Å². The minimum Gasteiger partial charge on any atom is -0.484 e. The molecule has 0 aromatic heterocycles. The molecular formula is C56H82N4O10S2Si2. The Labute approximate surface area is 455 Å². The van der Waals surface area contributed by atoms with Crippen molar-refractivity contribution in [2.75, 3.05) is 39.4 Å². The second-order valence-electron chi connectivity index (χ2n) is 21.7. The lowest BCUT2D eigenvalue weighted by Gasteiger charge is -2.38. The molecule has 0 spiro atoms. The second kappa shape index (κ2) is 27.7. The summed E-state index contributed by atoms with van der Waals surface area (Å²) < 4.78 is 23.9. The van der Waals surface area contributed by atoms with Gasteiger partial charge in [0.25, 0.3) is 23.6 Å².